The number of hydrogen-bond acceptors (Lipinski definition) is 5. The van der Waals surface area contributed by atoms with Crippen LogP contribution in [0.5, 0.6) is 0 Å². The summed E-state index contributed by atoms with van der Waals surface area (Å²) in [5, 5.41) is 6.20. The molecule has 2 aromatic carbocycles. The molecular formula is C24H27ClN4O3. The highest BCUT2D eigenvalue weighted by Gasteiger charge is 2.34. The molecule has 2 aromatic rings. The fourth-order valence-corrected chi connectivity index (χ4v) is 4.37. The van der Waals surface area contributed by atoms with Crippen LogP contribution < -0.4 is 15.5 Å². The van der Waals surface area contributed by atoms with Gasteiger partial charge in [0.25, 0.3) is 0 Å². The average Bonchev–Trinajstić information content (AvgIpc) is 2.79. The van der Waals surface area contributed by atoms with E-state index in [-0.39, 0.29) is 6.03 Å². The average molecular weight is 455 g/mol. The number of ether oxygens (including phenoxy) is 1. The fourth-order valence-electron chi connectivity index (χ4n) is 4.17. The van der Waals surface area contributed by atoms with Crippen LogP contribution >= 0.6 is 11.6 Å². The summed E-state index contributed by atoms with van der Waals surface area (Å²) in [5.74, 6) is -0.476. The highest BCUT2D eigenvalue weighted by molar-refractivity contribution is 6.30. The Kier molecular flexibility index (Phi) is 6.67. The second kappa shape index (κ2) is 9.63. The third kappa shape index (κ3) is 4.89. The predicted octanol–water partition coefficient (Wildman–Crippen LogP) is 3.25. The van der Waals surface area contributed by atoms with Gasteiger partial charge in [-0.2, -0.15) is 0 Å². The Labute approximate surface area is 193 Å². The molecule has 7 nitrogen and oxygen atoms in total. The largest absolute Gasteiger partial charge is 0.466 e. The number of amides is 2. The smallest absolute Gasteiger partial charge is 0.338 e. The van der Waals surface area contributed by atoms with E-state index >= 15 is 0 Å². The Hall–Kier alpha value is -3.03. The summed E-state index contributed by atoms with van der Waals surface area (Å²) < 4.78 is 5.06. The van der Waals surface area contributed by atoms with Crippen molar-refractivity contribution < 1.29 is 14.3 Å². The van der Waals surface area contributed by atoms with Crippen molar-refractivity contribution in [2.45, 2.75) is 13.0 Å². The van der Waals surface area contributed by atoms with Gasteiger partial charge >= 0.3 is 12.0 Å². The molecule has 0 radical (unpaired) electrons. The van der Waals surface area contributed by atoms with E-state index in [1.54, 1.807) is 18.2 Å². The topological polar surface area (TPSA) is 73.9 Å². The van der Waals surface area contributed by atoms with Crippen molar-refractivity contribution in [2.24, 2.45) is 0 Å². The second-order valence-electron chi connectivity index (χ2n) is 8.07. The number of nitrogens with one attached hydrogen (secondary N) is 2. The minimum Gasteiger partial charge on any atom is -0.466 e. The van der Waals surface area contributed by atoms with Gasteiger partial charge in [0.2, 0.25) is 0 Å². The summed E-state index contributed by atoms with van der Waals surface area (Å²) in [5.41, 5.74) is 4.14. The van der Waals surface area contributed by atoms with Crippen molar-refractivity contribution >= 4 is 29.3 Å². The number of anilines is 1. The van der Waals surface area contributed by atoms with E-state index in [1.807, 2.05) is 6.07 Å². The van der Waals surface area contributed by atoms with Crippen molar-refractivity contribution in [2.75, 3.05) is 44.7 Å². The summed E-state index contributed by atoms with van der Waals surface area (Å²) in [7, 11) is 1.35. The molecule has 2 heterocycles. The summed E-state index contributed by atoms with van der Waals surface area (Å²) in [6, 6.07) is 14.7. The Balaban J connectivity index is 1.54. The standard InChI is InChI=1S/C24H27ClN4O3/c1-16-6-8-19(9-7-16)29-12-10-28(11-13-29)15-20-21(23(30)32-2)22(27-24(31)26-20)17-4-3-5-18(25)14-17/h3-9,14,22H,10-13,15H2,1-2H3,(H2,26,27,31). The van der Waals surface area contributed by atoms with Gasteiger partial charge in [0.15, 0.2) is 0 Å². The van der Waals surface area contributed by atoms with Crippen molar-refractivity contribution in [3.63, 3.8) is 0 Å². The van der Waals surface area contributed by atoms with Gasteiger partial charge in [0.05, 0.1) is 18.7 Å². The lowest BCUT2D eigenvalue weighted by atomic mass is 9.95. The monoisotopic (exact) mass is 454 g/mol. The number of aryl methyl sites for hydroxylation is 1. The van der Waals surface area contributed by atoms with Gasteiger partial charge in [-0.05, 0) is 36.8 Å². The quantitative estimate of drug-likeness (QED) is 0.678. The van der Waals surface area contributed by atoms with Gasteiger partial charge < -0.3 is 20.3 Å². The van der Waals surface area contributed by atoms with Crippen molar-refractivity contribution in [3.8, 4) is 0 Å². The Morgan fingerprint density at radius 3 is 2.50 bits per heavy atom. The predicted molar refractivity (Wildman–Crippen MR) is 125 cm³/mol. The van der Waals surface area contributed by atoms with E-state index in [1.165, 1.54) is 18.4 Å². The number of carbonyl (C=O) groups excluding carboxylic acids is 2. The van der Waals surface area contributed by atoms with Crippen LogP contribution in [0.2, 0.25) is 5.02 Å². The van der Waals surface area contributed by atoms with Crippen LogP contribution in [0.15, 0.2) is 59.8 Å². The van der Waals surface area contributed by atoms with E-state index in [9.17, 15) is 9.59 Å². The molecule has 2 aliphatic heterocycles. The summed E-state index contributed by atoms with van der Waals surface area (Å²) in [4.78, 5) is 29.8. The molecule has 0 spiro atoms. The Morgan fingerprint density at radius 1 is 1.12 bits per heavy atom. The Bertz CT molecular complexity index is 1030. The minimum atomic E-state index is -0.626. The number of nitrogens with zero attached hydrogens (tertiary/aromatic N) is 2. The van der Waals surface area contributed by atoms with E-state index in [2.05, 4.69) is 51.6 Å². The zero-order valence-electron chi connectivity index (χ0n) is 18.2. The van der Waals surface area contributed by atoms with Gasteiger partial charge in [0.1, 0.15) is 0 Å². The van der Waals surface area contributed by atoms with Crippen molar-refractivity contribution in [1.82, 2.24) is 15.5 Å². The maximum Gasteiger partial charge on any atom is 0.338 e. The van der Waals surface area contributed by atoms with Crippen molar-refractivity contribution in [3.05, 3.63) is 76.0 Å². The highest BCUT2D eigenvalue weighted by atomic mass is 35.5. The molecule has 8 heteroatoms. The Morgan fingerprint density at radius 2 is 1.84 bits per heavy atom. The SMILES string of the molecule is COC(=O)C1=C(CN2CCN(c3ccc(C)cc3)CC2)NC(=O)NC1c1cccc(Cl)c1. The third-order valence-electron chi connectivity index (χ3n) is 5.89. The number of benzene rings is 2. The molecule has 1 saturated heterocycles. The molecule has 1 unspecified atom stereocenters. The number of carbonyl (C=O) groups is 2. The first-order chi connectivity index (χ1) is 15.4. The molecule has 32 heavy (non-hydrogen) atoms. The first kappa shape index (κ1) is 22.2. The number of hydrogen-bond donors (Lipinski definition) is 2. The van der Waals surface area contributed by atoms with Crippen molar-refractivity contribution in [1.29, 1.82) is 0 Å². The summed E-state index contributed by atoms with van der Waals surface area (Å²) in [6.07, 6.45) is 0. The van der Waals surface area contributed by atoms with Gasteiger partial charge in [-0.3, -0.25) is 4.90 Å². The van der Waals surface area contributed by atoms with Crippen LogP contribution in [0.1, 0.15) is 17.2 Å². The number of urea groups is 1. The number of piperazine rings is 1. The molecule has 1 fully saturated rings. The second-order valence-corrected chi connectivity index (χ2v) is 8.51. The minimum absolute atomic E-state index is 0.351. The number of halogens is 1. The molecule has 2 aliphatic rings. The molecule has 168 valence electrons. The number of methoxy groups -OCH3 is 1. The zero-order valence-corrected chi connectivity index (χ0v) is 19.0. The lowest BCUT2D eigenvalue weighted by Gasteiger charge is -2.38. The fraction of sp³-hybridized carbons (Fsp3) is 0.333. The van der Waals surface area contributed by atoms with E-state index in [0.29, 0.717) is 22.8 Å². The zero-order chi connectivity index (χ0) is 22.7. The lowest BCUT2D eigenvalue weighted by Crippen LogP contribution is -2.51. The molecular weight excluding hydrogens is 428 g/mol. The van der Waals surface area contributed by atoms with E-state index < -0.39 is 12.0 Å². The maximum absolute atomic E-state index is 12.7. The molecule has 2 N–H and O–H groups in total. The number of esters is 1. The van der Waals surface area contributed by atoms with Gasteiger partial charge in [-0.15, -0.1) is 0 Å². The molecule has 0 aliphatic carbocycles. The van der Waals surface area contributed by atoms with Crippen LogP contribution in [-0.2, 0) is 9.53 Å². The molecule has 0 bridgehead atoms. The highest BCUT2D eigenvalue weighted by Crippen LogP contribution is 2.29. The normalized spacial score (nSPS) is 19.4. The molecule has 4 rings (SSSR count). The van der Waals surface area contributed by atoms with E-state index in [4.69, 9.17) is 16.3 Å². The van der Waals surface area contributed by atoms with Gasteiger partial charge in [-0.25, -0.2) is 9.59 Å². The van der Waals surface area contributed by atoms with Gasteiger partial charge in [0, 0.05) is 49.1 Å². The maximum atomic E-state index is 12.7. The summed E-state index contributed by atoms with van der Waals surface area (Å²) >= 11 is 6.15. The first-order valence-electron chi connectivity index (χ1n) is 10.6. The number of rotatable bonds is 5. The summed E-state index contributed by atoms with van der Waals surface area (Å²) in [6.45, 7) is 5.91. The molecule has 0 saturated carbocycles. The van der Waals surface area contributed by atoms with Crippen LogP contribution in [0.3, 0.4) is 0 Å². The molecule has 0 aromatic heterocycles. The van der Waals surface area contributed by atoms with Gasteiger partial charge in [-0.1, -0.05) is 41.4 Å². The van der Waals surface area contributed by atoms with Crippen LogP contribution in [-0.4, -0.2) is 56.7 Å². The van der Waals surface area contributed by atoms with Crippen LogP contribution in [0.25, 0.3) is 0 Å². The van der Waals surface area contributed by atoms with Crippen LogP contribution in [0.4, 0.5) is 10.5 Å². The lowest BCUT2D eigenvalue weighted by molar-refractivity contribution is -0.136. The first-order valence-corrected chi connectivity index (χ1v) is 11.0. The molecule has 1 atom stereocenters. The van der Waals surface area contributed by atoms with E-state index in [0.717, 1.165) is 31.7 Å². The van der Waals surface area contributed by atoms with Crippen LogP contribution in [0, 0.1) is 6.92 Å². The third-order valence-corrected chi connectivity index (χ3v) is 6.13. The molecule has 2 amide bonds.